The zero-order valence-electron chi connectivity index (χ0n) is 7.98. The van der Waals surface area contributed by atoms with Crippen molar-refractivity contribution >= 4 is 0 Å². The average Bonchev–Trinajstić information content (AvgIpc) is 2.48. The Morgan fingerprint density at radius 3 is 3.00 bits per heavy atom. The van der Waals surface area contributed by atoms with Gasteiger partial charge in [0, 0.05) is 19.3 Å². The van der Waals surface area contributed by atoms with Gasteiger partial charge in [0.25, 0.3) is 0 Å². The molecule has 2 rings (SSSR count). The number of likely N-dealkylation sites (tertiary alicyclic amines) is 1. The topological polar surface area (TPSA) is 47.1 Å². The molecule has 0 bridgehead atoms. The van der Waals surface area contributed by atoms with Crippen molar-refractivity contribution in [3.63, 3.8) is 0 Å². The predicted molar refractivity (Wildman–Crippen MR) is 51.5 cm³/mol. The zero-order valence-corrected chi connectivity index (χ0v) is 7.98. The minimum atomic E-state index is 0.580. The number of nitrogens with two attached hydrogens (primary N) is 1. The van der Waals surface area contributed by atoms with Crippen molar-refractivity contribution in [2.75, 3.05) is 26.7 Å². The van der Waals surface area contributed by atoms with Crippen LogP contribution in [0.5, 0.6) is 0 Å². The molecule has 1 aliphatic heterocycles. The molecule has 0 unspecified atom stereocenters. The van der Waals surface area contributed by atoms with Crippen LogP contribution >= 0.6 is 0 Å². The third-order valence-corrected chi connectivity index (χ3v) is 2.51. The second kappa shape index (κ2) is 3.47. The van der Waals surface area contributed by atoms with Crippen LogP contribution in [0.15, 0.2) is 12.4 Å². The van der Waals surface area contributed by atoms with E-state index < -0.39 is 0 Å². The first-order valence-electron chi connectivity index (χ1n) is 4.71. The summed E-state index contributed by atoms with van der Waals surface area (Å²) in [6.45, 7) is 2.93. The summed E-state index contributed by atoms with van der Waals surface area (Å²) < 4.78 is 2.06. The highest BCUT2D eigenvalue weighted by Gasteiger charge is 2.25. The Morgan fingerprint density at radius 2 is 2.38 bits per heavy atom. The Balaban J connectivity index is 1.97. The molecule has 4 nitrogen and oxygen atoms in total. The molecule has 1 aromatic rings. The van der Waals surface area contributed by atoms with Gasteiger partial charge in [-0.15, -0.1) is 0 Å². The molecule has 0 aliphatic carbocycles. The number of hydrogen-bond acceptors (Lipinski definition) is 3. The Labute approximate surface area is 78.3 Å². The van der Waals surface area contributed by atoms with Crippen molar-refractivity contribution in [3.05, 3.63) is 18.0 Å². The predicted octanol–water partition coefficient (Wildman–Crippen LogP) is -0.129. The molecule has 0 radical (unpaired) electrons. The molecule has 1 aromatic heterocycles. The first-order valence-corrected chi connectivity index (χ1v) is 4.71. The molecule has 1 fully saturated rings. The van der Waals surface area contributed by atoms with Gasteiger partial charge in [-0.05, 0) is 25.6 Å². The lowest BCUT2D eigenvalue weighted by Crippen LogP contribution is -2.45. The molecule has 0 atom stereocenters. The van der Waals surface area contributed by atoms with Crippen LogP contribution in [0.25, 0.3) is 0 Å². The number of aromatic nitrogens is 2. The largest absolute Gasteiger partial charge is 0.330 e. The van der Waals surface area contributed by atoms with Gasteiger partial charge in [0.15, 0.2) is 0 Å². The third-order valence-electron chi connectivity index (χ3n) is 2.51. The number of rotatable bonds is 3. The smallest absolute Gasteiger partial charge is 0.0772 e. The molecule has 4 heteroatoms. The van der Waals surface area contributed by atoms with E-state index in [0.717, 1.165) is 19.5 Å². The Morgan fingerprint density at radius 1 is 1.62 bits per heavy atom. The molecule has 0 amide bonds. The Kier molecular flexibility index (Phi) is 2.33. The van der Waals surface area contributed by atoms with Crippen LogP contribution in [0.3, 0.4) is 0 Å². The maximum atomic E-state index is 5.47. The van der Waals surface area contributed by atoms with Gasteiger partial charge in [-0.25, -0.2) is 0 Å². The van der Waals surface area contributed by atoms with E-state index in [0.29, 0.717) is 12.6 Å². The number of likely N-dealkylation sites (N-methyl/N-ethyl adjacent to an activating group) is 1. The molecule has 0 aromatic carbocycles. The van der Waals surface area contributed by atoms with Crippen LogP contribution in [0.4, 0.5) is 0 Å². The Hall–Kier alpha value is -0.870. The van der Waals surface area contributed by atoms with Crippen molar-refractivity contribution in [2.45, 2.75) is 12.5 Å². The summed E-state index contributed by atoms with van der Waals surface area (Å²) in [5.41, 5.74) is 6.72. The molecule has 2 heterocycles. The summed E-state index contributed by atoms with van der Waals surface area (Å²) in [5, 5.41) is 4.33. The van der Waals surface area contributed by atoms with Crippen LogP contribution in [-0.4, -0.2) is 41.4 Å². The SMILES string of the molecule is CN1CC(n2cc(CCN)cn2)C1. The van der Waals surface area contributed by atoms with Crippen molar-refractivity contribution in [2.24, 2.45) is 5.73 Å². The number of nitrogens with zero attached hydrogens (tertiary/aromatic N) is 3. The van der Waals surface area contributed by atoms with Crippen molar-refractivity contribution in [1.29, 1.82) is 0 Å². The molecule has 2 N–H and O–H groups in total. The summed E-state index contributed by atoms with van der Waals surface area (Å²) >= 11 is 0. The van der Waals surface area contributed by atoms with Gasteiger partial charge >= 0.3 is 0 Å². The molecule has 1 saturated heterocycles. The zero-order chi connectivity index (χ0) is 9.26. The lowest BCUT2D eigenvalue weighted by atomic mass is 10.1. The molecule has 0 spiro atoms. The third kappa shape index (κ3) is 1.73. The minimum Gasteiger partial charge on any atom is -0.330 e. The molecular weight excluding hydrogens is 164 g/mol. The van der Waals surface area contributed by atoms with Crippen LogP contribution in [-0.2, 0) is 6.42 Å². The highest BCUT2D eigenvalue weighted by Crippen LogP contribution is 2.18. The molecular formula is C9H16N4. The maximum absolute atomic E-state index is 5.47. The molecule has 0 saturated carbocycles. The van der Waals surface area contributed by atoms with E-state index in [1.54, 1.807) is 0 Å². The highest BCUT2D eigenvalue weighted by atomic mass is 15.4. The molecule has 1 aliphatic rings. The second-order valence-electron chi connectivity index (χ2n) is 3.74. The first kappa shape index (κ1) is 8.72. The normalized spacial score (nSPS) is 18.9. The van der Waals surface area contributed by atoms with E-state index in [2.05, 4.69) is 27.9 Å². The van der Waals surface area contributed by atoms with E-state index >= 15 is 0 Å². The highest BCUT2D eigenvalue weighted by molar-refractivity contribution is 5.05. The van der Waals surface area contributed by atoms with Crippen LogP contribution in [0.2, 0.25) is 0 Å². The summed E-state index contributed by atoms with van der Waals surface area (Å²) in [5.74, 6) is 0. The fraction of sp³-hybridized carbons (Fsp3) is 0.667. The molecule has 72 valence electrons. The van der Waals surface area contributed by atoms with Gasteiger partial charge in [0.2, 0.25) is 0 Å². The fourth-order valence-electron chi connectivity index (χ4n) is 1.71. The van der Waals surface area contributed by atoms with E-state index in [4.69, 9.17) is 5.73 Å². The quantitative estimate of drug-likeness (QED) is 0.705. The van der Waals surface area contributed by atoms with Crippen LogP contribution < -0.4 is 5.73 Å². The maximum Gasteiger partial charge on any atom is 0.0772 e. The van der Waals surface area contributed by atoms with Crippen molar-refractivity contribution in [1.82, 2.24) is 14.7 Å². The van der Waals surface area contributed by atoms with E-state index in [1.807, 2.05) is 6.20 Å². The lowest BCUT2D eigenvalue weighted by Gasteiger charge is -2.36. The Bertz CT molecular complexity index is 275. The fourth-order valence-corrected chi connectivity index (χ4v) is 1.71. The number of hydrogen-bond donors (Lipinski definition) is 1. The van der Waals surface area contributed by atoms with E-state index in [-0.39, 0.29) is 0 Å². The lowest BCUT2D eigenvalue weighted by molar-refractivity contribution is 0.130. The van der Waals surface area contributed by atoms with E-state index in [9.17, 15) is 0 Å². The standard InChI is InChI=1S/C9H16N4/c1-12-6-9(7-12)13-5-8(2-3-10)4-11-13/h4-5,9H,2-3,6-7,10H2,1H3. The van der Waals surface area contributed by atoms with Gasteiger partial charge in [0.05, 0.1) is 12.2 Å². The van der Waals surface area contributed by atoms with Crippen molar-refractivity contribution < 1.29 is 0 Å². The van der Waals surface area contributed by atoms with E-state index in [1.165, 1.54) is 5.56 Å². The summed E-state index contributed by atoms with van der Waals surface area (Å²) in [4.78, 5) is 2.29. The molecule has 13 heavy (non-hydrogen) atoms. The van der Waals surface area contributed by atoms with Crippen molar-refractivity contribution in [3.8, 4) is 0 Å². The van der Waals surface area contributed by atoms with Gasteiger partial charge < -0.3 is 10.6 Å². The van der Waals surface area contributed by atoms with Crippen LogP contribution in [0, 0.1) is 0 Å². The second-order valence-corrected chi connectivity index (χ2v) is 3.74. The van der Waals surface area contributed by atoms with Gasteiger partial charge in [-0.1, -0.05) is 0 Å². The van der Waals surface area contributed by atoms with Gasteiger partial charge in [-0.3, -0.25) is 4.68 Å². The minimum absolute atomic E-state index is 0.580. The first-order chi connectivity index (χ1) is 6.29. The van der Waals surface area contributed by atoms with Crippen LogP contribution in [0.1, 0.15) is 11.6 Å². The average molecular weight is 180 g/mol. The van der Waals surface area contributed by atoms with Gasteiger partial charge in [-0.2, -0.15) is 5.10 Å². The summed E-state index contributed by atoms with van der Waals surface area (Å²) in [7, 11) is 2.13. The summed E-state index contributed by atoms with van der Waals surface area (Å²) in [6, 6.07) is 0.580. The van der Waals surface area contributed by atoms with Gasteiger partial charge in [0.1, 0.15) is 0 Å². The summed E-state index contributed by atoms with van der Waals surface area (Å²) in [6.07, 6.45) is 4.97. The monoisotopic (exact) mass is 180 g/mol.